The molecule has 0 unspecified atom stereocenters. The van der Waals surface area contributed by atoms with Crippen molar-refractivity contribution in [3.63, 3.8) is 0 Å². The Kier molecular flexibility index (Phi) is 2.83. The van der Waals surface area contributed by atoms with Crippen molar-refractivity contribution in [2.24, 2.45) is 0 Å². The minimum absolute atomic E-state index is 0.0433. The maximum Gasteiger partial charge on any atom is 0.321 e. The third-order valence-corrected chi connectivity index (χ3v) is 3.52. The van der Waals surface area contributed by atoms with E-state index in [2.05, 4.69) is 5.32 Å². The van der Waals surface area contributed by atoms with E-state index in [1.165, 1.54) is 11.8 Å². The number of phenolic OH excluding ortho intramolecular Hbond substituents is 1. The first-order valence-corrected chi connectivity index (χ1v) is 5.61. The predicted octanol–water partition coefficient (Wildman–Crippen LogP) is 1.18. The molecule has 0 saturated carbocycles. The number of benzene rings is 1. The lowest BCUT2D eigenvalue weighted by Gasteiger charge is -2.11. The first-order valence-electron chi connectivity index (χ1n) is 4.56. The normalized spacial score (nSPS) is 25.3. The van der Waals surface area contributed by atoms with Crippen molar-refractivity contribution < 1.29 is 15.0 Å². The minimum atomic E-state index is -0.829. The molecule has 0 bridgehead atoms. The zero-order valence-electron chi connectivity index (χ0n) is 7.88. The monoisotopic (exact) mass is 225 g/mol. The number of phenols is 1. The maximum atomic E-state index is 10.7. The van der Waals surface area contributed by atoms with Crippen molar-refractivity contribution in [1.29, 1.82) is 0 Å². The zero-order valence-corrected chi connectivity index (χ0v) is 8.70. The molecule has 1 aromatic carbocycles. The molecule has 3 N–H and O–H groups in total. The standard InChI is InChI=1S/C10H11NO3S/c12-7-3-1-2-6(4-7)9-11-8(5-15-9)10(13)14/h1-4,8-9,11-12H,5H2,(H,13,14)/t8-,9-/m0/s1. The average Bonchev–Trinajstić information content (AvgIpc) is 2.66. The topological polar surface area (TPSA) is 69.6 Å². The summed E-state index contributed by atoms with van der Waals surface area (Å²) < 4.78 is 0. The summed E-state index contributed by atoms with van der Waals surface area (Å²) in [6, 6.07) is 6.37. The fourth-order valence-corrected chi connectivity index (χ4v) is 2.72. The molecule has 15 heavy (non-hydrogen) atoms. The smallest absolute Gasteiger partial charge is 0.321 e. The number of carboxylic acids is 1. The number of carbonyl (C=O) groups is 1. The molecular weight excluding hydrogens is 214 g/mol. The number of rotatable bonds is 2. The zero-order chi connectivity index (χ0) is 10.8. The molecule has 4 nitrogen and oxygen atoms in total. The van der Waals surface area contributed by atoms with Crippen molar-refractivity contribution in [1.82, 2.24) is 5.32 Å². The van der Waals surface area contributed by atoms with Gasteiger partial charge in [-0.25, -0.2) is 0 Å². The summed E-state index contributed by atoms with van der Waals surface area (Å²) in [6.45, 7) is 0. The van der Waals surface area contributed by atoms with Crippen LogP contribution in [0.25, 0.3) is 0 Å². The lowest BCUT2D eigenvalue weighted by atomic mass is 10.2. The molecule has 0 aliphatic carbocycles. The lowest BCUT2D eigenvalue weighted by Crippen LogP contribution is -2.33. The molecule has 1 saturated heterocycles. The molecule has 2 rings (SSSR count). The van der Waals surface area contributed by atoms with Crippen LogP contribution in [0, 0.1) is 0 Å². The summed E-state index contributed by atoms with van der Waals surface area (Å²) in [4.78, 5) is 10.7. The first-order chi connectivity index (χ1) is 7.16. The SMILES string of the molecule is O=C(O)[C@@H]1CS[C@@H](c2cccc(O)c2)N1. The molecule has 1 heterocycles. The van der Waals surface area contributed by atoms with Gasteiger partial charge in [0.2, 0.25) is 0 Å². The van der Waals surface area contributed by atoms with E-state index >= 15 is 0 Å². The van der Waals surface area contributed by atoms with Gasteiger partial charge in [-0.2, -0.15) is 0 Å². The molecule has 5 heteroatoms. The van der Waals surface area contributed by atoms with E-state index in [1.807, 2.05) is 6.07 Å². The molecule has 1 aliphatic heterocycles. The van der Waals surface area contributed by atoms with E-state index in [0.29, 0.717) is 5.75 Å². The van der Waals surface area contributed by atoms with Crippen LogP contribution >= 0.6 is 11.8 Å². The highest BCUT2D eigenvalue weighted by molar-refractivity contribution is 7.99. The molecule has 0 spiro atoms. The van der Waals surface area contributed by atoms with Crippen LogP contribution in [0.5, 0.6) is 5.75 Å². The van der Waals surface area contributed by atoms with Crippen molar-refractivity contribution in [3.8, 4) is 5.75 Å². The van der Waals surface area contributed by atoms with Crippen LogP contribution in [-0.4, -0.2) is 28.0 Å². The fourth-order valence-electron chi connectivity index (χ4n) is 1.49. The molecule has 80 valence electrons. The second kappa shape index (κ2) is 4.12. The highest BCUT2D eigenvalue weighted by Crippen LogP contribution is 2.33. The number of thioether (sulfide) groups is 1. The summed E-state index contributed by atoms with van der Waals surface area (Å²) in [6.07, 6.45) is 0. The van der Waals surface area contributed by atoms with Crippen LogP contribution in [0.2, 0.25) is 0 Å². The van der Waals surface area contributed by atoms with Crippen LogP contribution in [0.15, 0.2) is 24.3 Å². The van der Waals surface area contributed by atoms with Crippen LogP contribution in [0.1, 0.15) is 10.9 Å². The summed E-state index contributed by atoms with van der Waals surface area (Å²) >= 11 is 1.54. The quantitative estimate of drug-likeness (QED) is 0.705. The number of aliphatic carboxylic acids is 1. The fraction of sp³-hybridized carbons (Fsp3) is 0.300. The summed E-state index contributed by atoms with van der Waals surface area (Å²) in [5.74, 6) is -0.0748. The van der Waals surface area contributed by atoms with E-state index in [-0.39, 0.29) is 11.1 Å². The summed E-state index contributed by atoms with van der Waals surface area (Å²) in [5, 5.41) is 21.0. The lowest BCUT2D eigenvalue weighted by molar-refractivity contribution is -0.138. The average molecular weight is 225 g/mol. The molecule has 0 aromatic heterocycles. The molecule has 0 amide bonds. The van der Waals surface area contributed by atoms with Crippen molar-refractivity contribution in [2.45, 2.75) is 11.4 Å². The molecule has 1 aliphatic rings. The van der Waals surface area contributed by atoms with Crippen LogP contribution < -0.4 is 5.32 Å². The van der Waals surface area contributed by atoms with Crippen LogP contribution in [-0.2, 0) is 4.79 Å². The number of hydrogen-bond donors (Lipinski definition) is 3. The minimum Gasteiger partial charge on any atom is -0.508 e. The van der Waals surface area contributed by atoms with E-state index < -0.39 is 12.0 Å². The van der Waals surface area contributed by atoms with Gasteiger partial charge in [0.05, 0.1) is 5.37 Å². The Labute approximate surface area is 91.3 Å². The van der Waals surface area contributed by atoms with Gasteiger partial charge in [-0.15, -0.1) is 11.8 Å². The molecule has 1 fully saturated rings. The van der Waals surface area contributed by atoms with Gasteiger partial charge in [0, 0.05) is 5.75 Å². The predicted molar refractivity (Wildman–Crippen MR) is 57.9 cm³/mol. The maximum absolute atomic E-state index is 10.7. The summed E-state index contributed by atoms with van der Waals surface area (Å²) in [5.41, 5.74) is 0.906. The van der Waals surface area contributed by atoms with Gasteiger partial charge in [0.1, 0.15) is 11.8 Å². The molecule has 1 aromatic rings. The van der Waals surface area contributed by atoms with Gasteiger partial charge in [-0.3, -0.25) is 10.1 Å². The van der Waals surface area contributed by atoms with Gasteiger partial charge in [-0.05, 0) is 17.7 Å². The Morgan fingerprint density at radius 2 is 2.33 bits per heavy atom. The highest BCUT2D eigenvalue weighted by Gasteiger charge is 2.30. The third-order valence-electron chi connectivity index (χ3n) is 2.25. The van der Waals surface area contributed by atoms with Crippen molar-refractivity contribution in [3.05, 3.63) is 29.8 Å². The Morgan fingerprint density at radius 3 is 2.93 bits per heavy atom. The van der Waals surface area contributed by atoms with Gasteiger partial charge in [0.25, 0.3) is 0 Å². The summed E-state index contributed by atoms with van der Waals surface area (Å²) in [7, 11) is 0. The number of carboxylic acid groups (broad SMARTS) is 1. The molecule has 2 atom stereocenters. The third kappa shape index (κ3) is 2.24. The number of aromatic hydroxyl groups is 1. The molecule has 0 radical (unpaired) electrons. The van der Waals surface area contributed by atoms with Crippen LogP contribution in [0.3, 0.4) is 0 Å². The Bertz CT molecular complexity index is 383. The number of nitrogens with one attached hydrogen (secondary N) is 1. The van der Waals surface area contributed by atoms with Gasteiger partial charge in [-0.1, -0.05) is 12.1 Å². The van der Waals surface area contributed by atoms with Gasteiger partial charge in [0.15, 0.2) is 0 Å². The largest absolute Gasteiger partial charge is 0.508 e. The second-order valence-electron chi connectivity index (χ2n) is 3.37. The van der Waals surface area contributed by atoms with E-state index in [1.54, 1.807) is 18.2 Å². The second-order valence-corrected chi connectivity index (χ2v) is 4.50. The van der Waals surface area contributed by atoms with E-state index in [9.17, 15) is 9.90 Å². The van der Waals surface area contributed by atoms with Crippen molar-refractivity contribution in [2.75, 3.05) is 5.75 Å². The Hall–Kier alpha value is -1.20. The number of hydrogen-bond acceptors (Lipinski definition) is 4. The molecular formula is C10H11NO3S. The Balaban J connectivity index is 2.11. The van der Waals surface area contributed by atoms with E-state index in [0.717, 1.165) is 5.56 Å². The van der Waals surface area contributed by atoms with Crippen LogP contribution in [0.4, 0.5) is 0 Å². The first kappa shape index (κ1) is 10.3. The Morgan fingerprint density at radius 1 is 1.53 bits per heavy atom. The van der Waals surface area contributed by atoms with Gasteiger partial charge < -0.3 is 10.2 Å². The highest BCUT2D eigenvalue weighted by atomic mass is 32.2. The van der Waals surface area contributed by atoms with E-state index in [4.69, 9.17) is 5.11 Å². The van der Waals surface area contributed by atoms with Gasteiger partial charge >= 0.3 is 5.97 Å². The van der Waals surface area contributed by atoms with Crippen molar-refractivity contribution >= 4 is 17.7 Å².